The molecule has 0 spiro atoms. The molecular formula is C15H16FNO. The van der Waals surface area contributed by atoms with Crippen molar-refractivity contribution >= 4 is 5.69 Å². The molecule has 1 unspecified atom stereocenters. The summed E-state index contributed by atoms with van der Waals surface area (Å²) in [6, 6.07) is 13.6. The molecule has 2 aromatic rings. The Labute approximate surface area is 106 Å². The van der Waals surface area contributed by atoms with Crippen LogP contribution >= 0.6 is 0 Å². The number of halogens is 1. The van der Waals surface area contributed by atoms with Gasteiger partial charge in [-0.15, -0.1) is 0 Å². The average molecular weight is 245 g/mol. The number of phenols is 1. The Balaban J connectivity index is 2.20. The van der Waals surface area contributed by atoms with Crippen LogP contribution in [0.2, 0.25) is 0 Å². The number of hydrogen-bond acceptors (Lipinski definition) is 2. The molecule has 0 radical (unpaired) electrons. The molecule has 0 saturated heterocycles. The first-order valence-electron chi connectivity index (χ1n) is 6.00. The SMILES string of the molecule is CCC(Nc1ccccc1F)c1ccc(O)cc1. The van der Waals surface area contributed by atoms with Crippen molar-refractivity contribution in [1.29, 1.82) is 0 Å². The molecule has 18 heavy (non-hydrogen) atoms. The van der Waals surface area contributed by atoms with Gasteiger partial charge in [0, 0.05) is 0 Å². The maximum absolute atomic E-state index is 13.6. The summed E-state index contributed by atoms with van der Waals surface area (Å²) < 4.78 is 13.6. The number of rotatable bonds is 4. The molecule has 0 bridgehead atoms. The van der Waals surface area contributed by atoms with Gasteiger partial charge in [-0.1, -0.05) is 31.2 Å². The minimum Gasteiger partial charge on any atom is -0.508 e. The van der Waals surface area contributed by atoms with Crippen molar-refractivity contribution in [1.82, 2.24) is 0 Å². The van der Waals surface area contributed by atoms with Gasteiger partial charge in [0.2, 0.25) is 0 Å². The van der Waals surface area contributed by atoms with Gasteiger partial charge in [-0.05, 0) is 36.2 Å². The zero-order valence-electron chi connectivity index (χ0n) is 10.2. The second-order valence-electron chi connectivity index (χ2n) is 4.18. The van der Waals surface area contributed by atoms with Crippen LogP contribution in [0.5, 0.6) is 5.75 Å². The van der Waals surface area contributed by atoms with E-state index >= 15 is 0 Å². The van der Waals surface area contributed by atoms with Crippen LogP contribution in [-0.2, 0) is 0 Å². The molecule has 2 rings (SSSR count). The van der Waals surface area contributed by atoms with Gasteiger partial charge in [-0.2, -0.15) is 0 Å². The number of hydrogen-bond donors (Lipinski definition) is 2. The first-order chi connectivity index (χ1) is 8.70. The molecule has 0 aromatic heterocycles. The lowest BCUT2D eigenvalue weighted by Crippen LogP contribution is -2.10. The highest BCUT2D eigenvalue weighted by atomic mass is 19.1. The lowest BCUT2D eigenvalue weighted by molar-refractivity contribution is 0.475. The van der Waals surface area contributed by atoms with Crippen molar-refractivity contribution < 1.29 is 9.50 Å². The lowest BCUT2D eigenvalue weighted by Gasteiger charge is -2.19. The number of nitrogens with one attached hydrogen (secondary N) is 1. The minimum atomic E-state index is -0.255. The first kappa shape index (κ1) is 12.4. The van der Waals surface area contributed by atoms with Crippen molar-refractivity contribution in [2.45, 2.75) is 19.4 Å². The van der Waals surface area contributed by atoms with Gasteiger partial charge in [0.1, 0.15) is 11.6 Å². The number of benzene rings is 2. The molecule has 2 N–H and O–H groups in total. The fourth-order valence-electron chi connectivity index (χ4n) is 1.89. The predicted molar refractivity (Wildman–Crippen MR) is 71.2 cm³/mol. The number of aromatic hydroxyl groups is 1. The Bertz CT molecular complexity index is 510. The molecule has 0 heterocycles. The number of para-hydroxylation sites is 1. The van der Waals surface area contributed by atoms with Gasteiger partial charge in [0.05, 0.1) is 11.7 Å². The van der Waals surface area contributed by atoms with Crippen LogP contribution in [0, 0.1) is 5.82 Å². The molecule has 0 saturated carbocycles. The predicted octanol–water partition coefficient (Wildman–Crippen LogP) is 4.09. The van der Waals surface area contributed by atoms with E-state index in [0.29, 0.717) is 5.69 Å². The monoisotopic (exact) mass is 245 g/mol. The summed E-state index contributed by atoms with van der Waals surface area (Å²) in [5.74, 6) is -0.0192. The third kappa shape index (κ3) is 2.80. The topological polar surface area (TPSA) is 32.3 Å². The zero-order chi connectivity index (χ0) is 13.0. The molecule has 0 amide bonds. The molecule has 2 aromatic carbocycles. The van der Waals surface area contributed by atoms with Crippen LogP contribution in [0.25, 0.3) is 0 Å². The molecule has 1 atom stereocenters. The molecule has 2 nitrogen and oxygen atoms in total. The summed E-state index contributed by atoms with van der Waals surface area (Å²) in [6.45, 7) is 2.03. The lowest BCUT2D eigenvalue weighted by atomic mass is 10.0. The summed E-state index contributed by atoms with van der Waals surface area (Å²) in [4.78, 5) is 0. The summed E-state index contributed by atoms with van der Waals surface area (Å²) in [5, 5.41) is 12.4. The summed E-state index contributed by atoms with van der Waals surface area (Å²) in [7, 11) is 0. The molecule has 0 aliphatic heterocycles. The van der Waals surface area contributed by atoms with Crippen LogP contribution in [0.1, 0.15) is 24.9 Å². The van der Waals surface area contributed by atoms with Crippen molar-refractivity contribution in [2.24, 2.45) is 0 Å². The smallest absolute Gasteiger partial charge is 0.146 e. The Morgan fingerprint density at radius 3 is 2.39 bits per heavy atom. The van der Waals surface area contributed by atoms with E-state index in [1.165, 1.54) is 6.07 Å². The Morgan fingerprint density at radius 2 is 1.78 bits per heavy atom. The Morgan fingerprint density at radius 1 is 1.11 bits per heavy atom. The van der Waals surface area contributed by atoms with Gasteiger partial charge in [0.15, 0.2) is 0 Å². The fourth-order valence-corrected chi connectivity index (χ4v) is 1.89. The Kier molecular flexibility index (Phi) is 3.82. The quantitative estimate of drug-likeness (QED) is 0.850. The van der Waals surface area contributed by atoms with Gasteiger partial charge >= 0.3 is 0 Å². The van der Waals surface area contributed by atoms with Crippen molar-refractivity contribution in [3.8, 4) is 5.75 Å². The van der Waals surface area contributed by atoms with Gasteiger partial charge in [0.25, 0.3) is 0 Å². The Hall–Kier alpha value is -2.03. The normalized spacial score (nSPS) is 12.1. The maximum atomic E-state index is 13.6. The van der Waals surface area contributed by atoms with Crippen molar-refractivity contribution in [3.05, 3.63) is 59.9 Å². The standard InChI is InChI=1S/C15H16FNO/c1-2-14(11-7-9-12(18)10-8-11)17-15-6-4-3-5-13(15)16/h3-10,14,17-18H,2H2,1H3. The number of phenolic OH excluding ortho intramolecular Hbond substituents is 1. The van der Waals surface area contributed by atoms with E-state index in [-0.39, 0.29) is 17.6 Å². The third-order valence-corrected chi connectivity index (χ3v) is 2.91. The van der Waals surface area contributed by atoms with Crippen LogP contribution in [0.4, 0.5) is 10.1 Å². The van der Waals surface area contributed by atoms with Crippen LogP contribution in [0.3, 0.4) is 0 Å². The average Bonchev–Trinajstić information content (AvgIpc) is 2.39. The van der Waals surface area contributed by atoms with Crippen molar-refractivity contribution in [2.75, 3.05) is 5.32 Å². The second-order valence-corrected chi connectivity index (χ2v) is 4.18. The highest BCUT2D eigenvalue weighted by Gasteiger charge is 2.11. The molecule has 0 fully saturated rings. The molecule has 3 heteroatoms. The van der Waals surface area contributed by atoms with E-state index in [1.54, 1.807) is 30.3 Å². The van der Waals surface area contributed by atoms with Gasteiger partial charge < -0.3 is 10.4 Å². The highest BCUT2D eigenvalue weighted by molar-refractivity contribution is 5.47. The summed E-state index contributed by atoms with van der Waals surface area (Å²) >= 11 is 0. The van der Waals surface area contributed by atoms with Crippen LogP contribution < -0.4 is 5.32 Å². The van der Waals surface area contributed by atoms with E-state index < -0.39 is 0 Å². The molecular weight excluding hydrogens is 229 g/mol. The van der Waals surface area contributed by atoms with Gasteiger partial charge in [-0.25, -0.2) is 4.39 Å². The van der Waals surface area contributed by atoms with E-state index in [4.69, 9.17) is 0 Å². The molecule has 94 valence electrons. The molecule has 0 aliphatic carbocycles. The highest BCUT2D eigenvalue weighted by Crippen LogP contribution is 2.25. The molecule has 0 aliphatic rings. The summed E-state index contributed by atoms with van der Waals surface area (Å²) in [6.07, 6.45) is 0.832. The number of anilines is 1. The van der Waals surface area contributed by atoms with E-state index in [1.807, 2.05) is 19.1 Å². The maximum Gasteiger partial charge on any atom is 0.146 e. The summed E-state index contributed by atoms with van der Waals surface area (Å²) in [5.41, 5.74) is 1.52. The third-order valence-electron chi connectivity index (χ3n) is 2.91. The minimum absolute atomic E-state index is 0.0301. The van der Waals surface area contributed by atoms with Crippen LogP contribution in [0.15, 0.2) is 48.5 Å². The zero-order valence-corrected chi connectivity index (χ0v) is 10.2. The van der Waals surface area contributed by atoms with Gasteiger partial charge in [-0.3, -0.25) is 0 Å². The van der Waals surface area contributed by atoms with E-state index in [9.17, 15) is 9.50 Å². The second kappa shape index (κ2) is 5.54. The largest absolute Gasteiger partial charge is 0.508 e. The van der Waals surface area contributed by atoms with E-state index in [0.717, 1.165) is 12.0 Å². The first-order valence-corrected chi connectivity index (χ1v) is 6.00. The fraction of sp³-hybridized carbons (Fsp3) is 0.200. The van der Waals surface area contributed by atoms with E-state index in [2.05, 4.69) is 5.32 Å². The van der Waals surface area contributed by atoms with Crippen molar-refractivity contribution in [3.63, 3.8) is 0 Å². The van der Waals surface area contributed by atoms with Crippen LogP contribution in [-0.4, -0.2) is 5.11 Å².